The smallest absolute Gasteiger partial charge is 0.375 e. The van der Waals surface area contributed by atoms with Crippen molar-refractivity contribution in [2.75, 3.05) is 4.90 Å². The van der Waals surface area contributed by atoms with Crippen LogP contribution in [0.1, 0.15) is 46.6 Å². The first-order valence-corrected chi connectivity index (χ1v) is 11.3. The first-order chi connectivity index (χ1) is 16.0. The fourth-order valence-electron chi connectivity index (χ4n) is 3.48. The quantitative estimate of drug-likeness (QED) is 0.253. The van der Waals surface area contributed by atoms with Gasteiger partial charge in [-0.3, -0.25) is 9.59 Å². The van der Waals surface area contributed by atoms with Gasteiger partial charge in [0.05, 0.1) is 19.1 Å². The summed E-state index contributed by atoms with van der Waals surface area (Å²) in [5.74, 6) is -1.77. The number of amides is 1. The summed E-state index contributed by atoms with van der Waals surface area (Å²) in [6.07, 6.45) is -0.619. The highest BCUT2D eigenvalue weighted by Crippen LogP contribution is 2.26. The van der Waals surface area contributed by atoms with E-state index in [9.17, 15) is 14.4 Å². The largest absolute Gasteiger partial charge is 0.491 e. The standard InChI is InChI=1S/C28H31NO5/c1-19(2)33-24-12-8-11-23(16-24)29(26(31)17-25(30)27(32)34-28(3,4)5)18-20-13-14-21-9-6-7-10-22(21)15-20/h6-16,19H,17-18H2,1-5H3. The van der Waals surface area contributed by atoms with Crippen molar-refractivity contribution in [2.45, 2.75) is 59.3 Å². The van der Waals surface area contributed by atoms with Crippen molar-refractivity contribution in [3.05, 3.63) is 72.3 Å². The van der Waals surface area contributed by atoms with E-state index in [1.165, 1.54) is 4.90 Å². The Kier molecular flexibility index (Phi) is 7.72. The third-order valence-electron chi connectivity index (χ3n) is 4.90. The zero-order valence-corrected chi connectivity index (χ0v) is 20.3. The van der Waals surface area contributed by atoms with Gasteiger partial charge in [0.1, 0.15) is 11.4 Å². The molecule has 3 aromatic carbocycles. The minimum Gasteiger partial charge on any atom is -0.491 e. The van der Waals surface area contributed by atoms with Crippen LogP contribution in [-0.2, 0) is 25.7 Å². The predicted molar refractivity (Wildman–Crippen MR) is 133 cm³/mol. The number of hydrogen-bond acceptors (Lipinski definition) is 5. The maximum atomic E-state index is 13.3. The third kappa shape index (κ3) is 6.91. The van der Waals surface area contributed by atoms with E-state index in [1.807, 2.05) is 62.4 Å². The van der Waals surface area contributed by atoms with Crippen molar-refractivity contribution >= 4 is 34.1 Å². The molecule has 0 radical (unpaired) electrons. The molecule has 6 nitrogen and oxygen atoms in total. The van der Waals surface area contributed by atoms with Gasteiger partial charge in [0.25, 0.3) is 0 Å². The van der Waals surface area contributed by atoms with E-state index >= 15 is 0 Å². The molecule has 34 heavy (non-hydrogen) atoms. The molecule has 1 amide bonds. The van der Waals surface area contributed by atoms with Crippen LogP contribution in [0.5, 0.6) is 5.75 Å². The number of ether oxygens (including phenoxy) is 2. The Morgan fingerprint density at radius 1 is 0.882 bits per heavy atom. The molecule has 0 aliphatic rings. The number of hydrogen-bond donors (Lipinski definition) is 0. The van der Waals surface area contributed by atoms with Crippen LogP contribution in [-0.4, -0.2) is 29.4 Å². The van der Waals surface area contributed by atoms with Gasteiger partial charge in [-0.15, -0.1) is 0 Å². The number of rotatable bonds is 8. The summed E-state index contributed by atoms with van der Waals surface area (Å²) in [6.45, 7) is 9.09. The zero-order valence-electron chi connectivity index (χ0n) is 20.3. The molecule has 0 unspecified atom stereocenters. The molecule has 0 spiro atoms. The van der Waals surface area contributed by atoms with E-state index in [0.29, 0.717) is 11.4 Å². The predicted octanol–water partition coefficient (Wildman–Crippen LogP) is 5.46. The van der Waals surface area contributed by atoms with Crippen LogP contribution in [0.4, 0.5) is 5.69 Å². The molecule has 0 aliphatic heterocycles. The summed E-state index contributed by atoms with van der Waals surface area (Å²) in [5, 5.41) is 2.14. The van der Waals surface area contributed by atoms with Crippen molar-refractivity contribution in [2.24, 2.45) is 0 Å². The van der Waals surface area contributed by atoms with Gasteiger partial charge in [0.15, 0.2) is 0 Å². The van der Waals surface area contributed by atoms with Crippen molar-refractivity contribution in [3.8, 4) is 5.75 Å². The van der Waals surface area contributed by atoms with Crippen molar-refractivity contribution in [1.82, 2.24) is 0 Å². The molecule has 0 N–H and O–H groups in total. The van der Waals surface area contributed by atoms with E-state index in [4.69, 9.17) is 9.47 Å². The number of carbonyl (C=O) groups excluding carboxylic acids is 3. The molecule has 6 heteroatoms. The average Bonchev–Trinajstić information content (AvgIpc) is 2.75. The lowest BCUT2D eigenvalue weighted by Gasteiger charge is -2.24. The highest BCUT2D eigenvalue weighted by Gasteiger charge is 2.27. The Balaban J connectivity index is 1.90. The van der Waals surface area contributed by atoms with Crippen LogP contribution in [0, 0.1) is 0 Å². The fraction of sp³-hybridized carbons (Fsp3) is 0.321. The van der Waals surface area contributed by atoms with Crippen LogP contribution in [0.25, 0.3) is 10.8 Å². The van der Waals surface area contributed by atoms with Crippen LogP contribution in [0.2, 0.25) is 0 Å². The molecule has 0 aliphatic carbocycles. The maximum Gasteiger partial charge on any atom is 0.375 e. The monoisotopic (exact) mass is 461 g/mol. The molecule has 0 saturated heterocycles. The van der Waals surface area contributed by atoms with Gasteiger partial charge < -0.3 is 14.4 Å². The summed E-state index contributed by atoms with van der Waals surface area (Å²) >= 11 is 0. The normalized spacial score (nSPS) is 11.4. The second-order valence-electron chi connectivity index (χ2n) is 9.43. The summed E-state index contributed by atoms with van der Waals surface area (Å²) in [7, 11) is 0. The summed E-state index contributed by atoms with van der Waals surface area (Å²) in [5.41, 5.74) is 0.656. The van der Waals surface area contributed by atoms with Gasteiger partial charge in [0.2, 0.25) is 11.7 Å². The summed E-state index contributed by atoms with van der Waals surface area (Å²) in [6, 6.07) is 21.1. The Labute approximate surface area is 200 Å². The lowest BCUT2D eigenvalue weighted by Crippen LogP contribution is -2.35. The zero-order chi connectivity index (χ0) is 24.9. The lowest BCUT2D eigenvalue weighted by molar-refractivity contribution is -0.163. The Morgan fingerprint density at radius 3 is 2.26 bits per heavy atom. The van der Waals surface area contributed by atoms with E-state index in [2.05, 4.69) is 0 Å². The van der Waals surface area contributed by atoms with Crippen LogP contribution < -0.4 is 9.64 Å². The molecular formula is C28H31NO5. The van der Waals surface area contributed by atoms with Crippen LogP contribution >= 0.6 is 0 Å². The lowest BCUT2D eigenvalue weighted by atomic mass is 10.1. The minimum absolute atomic E-state index is 0.0337. The SMILES string of the molecule is CC(C)Oc1cccc(N(Cc2ccc3ccccc3c2)C(=O)CC(=O)C(=O)OC(C)(C)C)c1. The summed E-state index contributed by atoms with van der Waals surface area (Å²) in [4.78, 5) is 39.4. The van der Waals surface area contributed by atoms with Gasteiger partial charge >= 0.3 is 5.97 Å². The molecular weight excluding hydrogens is 430 g/mol. The number of carbonyl (C=O) groups is 3. The topological polar surface area (TPSA) is 72.9 Å². The molecule has 0 fully saturated rings. The number of anilines is 1. The van der Waals surface area contributed by atoms with E-state index in [0.717, 1.165) is 16.3 Å². The molecule has 3 aromatic rings. The number of nitrogens with zero attached hydrogens (tertiary/aromatic N) is 1. The number of fused-ring (bicyclic) bond motifs is 1. The van der Waals surface area contributed by atoms with Crippen LogP contribution in [0.15, 0.2) is 66.7 Å². The summed E-state index contributed by atoms with van der Waals surface area (Å²) < 4.78 is 10.9. The molecule has 0 saturated carbocycles. The van der Waals surface area contributed by atoms with Gasteiger partial charge in [-0.2, -0.15) is 0 Å². The molecule has 0 atom stereocenters. The van der Waals surface area contributed by atoms with Crippen molar-refractivity contribution in [1.29, 1.82) is 0 Å². The first-order valence-electron chi connectivity index (χ1n) is 11.3. The van der Waals surface area contributed by atoms with E-state index in [-0.39, 0.29) is 12.6 Å². The average molecular weight is 462 g/mol. The number of ketones is 1. The molecule has 0 bridgehead atoms. The maximum absolute atomic E-state index is 13.3. The molecule has 0 heterocycles. The molecule has 3 rings (SSSR count). The Morgan fingerprint density at radius 2 is 1.59 bits per heavy atom. The minimum atomic E-state index is -1.01. The van der Waals surface area contributed by atoms with Gasteiger partial charge in [0, 0.05) is 11.8 Å². The second kappa shape index (κ2) is 10.5. The van der Waals surface area contributed by atoms with Crippen molar-refractivity contribution in [3.63, 3.8) is 0 Å². The highest BCUT2D eigenvalue weighted by molar-refractivity contribution is 6.37. The van der Waals surface area contributed by atoms with E-state index < -0.39 is 29.7 Å². The third-order valence-corrected chi connectivity index (χ3v) is 4.90. The van der Waals surface area contributed by atoms with Gasteiger partial charge in [-0.05, 0) is 69.2 Å². The van der Waals surface area contributed by atoms with Gasteiger partial charge in [-0.25, -0.2) is 4.79 Å². The fourth-order valence-corrected chi connectivity index (χ4v) is 3.48. The highest BCUT2D eigenvalue weighted by atomic mass is 16.6. The number of benzene rings is 3. The Bertz CT molecular complexity index is 1190. The van der Waals surface area contributed by atoms with Crippen molar-refractivity contribution < 1.29 is 23.9 Å². The Hall–Kier alpha value is -3.67. The number of Topliss-reactive ketones (excluding diaryl/α,β-unsaturated/α-hetero) is 1. The van der Waals surface area contributed by atoms with E-state index in [1.54, 1.807) is 39.0 Å². The second-order valence-corrected chi connectivity index (χ2v) is 9.43. The van der Waals surface area contributed by atoms with Crippen LogP contribution in [0.3, 0.4) is 0 Å². The van der Waals surface area contributed by atoms with Gasteiger partial charge in [-0.1, -0.05) is 42.5 Å². The molecule has 178 valence electrons. The molecule has 0 aromatic heterocycles. The first kappa shape index (κ1) is 25.0. The number of esters is 1.